The number of nitrogens with zero attached hydrogens (tertiary/aromatic N) is 5. The Hall–Kier alpha value is -3.88. The second-order valence-corrected chi connectivity index (χ2v) is 7.12. The van der Waals surface area contributed by atoms with E-state index in [-0.39, 0.29) is 17.6 Å². The van der Waals surface area contributed by atoms with E-state index in [1.165, 1.54) is 12.1 Å². The maximum absolute atomic E-state index is 12.6. The number of likely N-dealkylation sites (tertiary alicyclic amines) is 1. The molecule has 1 aliphatic rings. The van der Waals surface area contributed by atoms with Crippen molar-refractivity contribution in [1.29, 1.82) is 0 Å². The largest absolute Gasteiger partial charge is 0.365 e. The zero-order chi connectivity index (χ0) is 21.1. The van der Waals surface area contributed by atoms with Crippen molar-refractivity contribution < 1.29 is 9.72 Å². The zero-order valence-electron chi connectivity index (χ0n) is 16.4. The Morgan fingerprint density at radius 3 is 2.83 bits per heavy atom. The van der Waals surface area contributed by atoms with Gasteiger partial charge in [0.05, 0.1) is 4.92 Å². The molecule has 4 rings (SSSR count). The van der Waals surface area contributed by atoms with Crippen molar-refractivity contribution in [3.05, 3.63) is 76.2 Å². The van der Waals surface area contributed by atoms with Crippen LogP contribution in [0.4, 0.5) is 11.5 Å². The smallest absolute Gasteiger partial charge is 0.272 e. The molecule has 1 atom stereocenters. The highest BCUT2D eigenvalue weighted by Crippen LogP contribution is 2.24. The third-order valence-electron chi connectivity index (χ3n) is 4.88. The van der Waals surface area contributed by atoms with Crippen LogP contribution in [0.15, 0.2) is 54.7 Å². The lowest BCUT2D eigenvalue weighted by atomic mass is 10.2. The lowest BCUT2D eigenvalue weighted by molar-refractivity contribution is -0.384. The average Bonchev–Trinajstić information content (AvgIpc) is 3.22. The number of nitro groups is 1. The van der Waals surface area contributed by atoms with Crippen LogP contribution in [0.1, 0.15) is 22.6 Å². The fourth-order valence-electron chi connectivity index (χ4n) is 3.45. The molecular formula is C21H20N6O3. The Balaban J connectivity index is 1.49. The summed E-state index contributed by atoms with van der Waals surface area (Å²) in [4.78, 5) is 38.0. The summed E-state index contributed by atoms with van der Waals surface area (Å²) < 4.78 is 0. The number of anilines is 1. The number of hydrogen-bond acceptors (Lipinski definition) is 7. The van der Waals surface area contributed by atoms with Gasteiger partial charge in [-0.2, -0.15) is 0 Å². The number of hydrogen-bond donors (Lipinski definition) is 1. The predicted octanol–water partition coefficient (Wildman–Crippen LogP) is 3.08. The SMILES string of the molecule is Cc1cc(N[C@H]2CCN(C(=O)c3ccccn3)C2)nc(-c2cccc([N+](=O)[O-])c2)n1. The van der Waals surface area contributed by atoms with Crippen LogP contribution in [0, 0.1) is 17.0 Å². The van der Waals surface area contributed by atoms with E-state index in [4.69, 9.17) is 0 Å². The molecule has 0 aliphatic carbocycles. The number of carbonyl (C=O) groups is 1. The summed E-state index contributed by atoms with van der Waals surface area (Å²) in [5, 5.41) is 14.4. The fourth-order valence-corrected chi connectivity index (χ4v) is 3.45. The maximum Gasteiger partial charge on any atom is 0.272 e. The van der Waals surface area contributed by atoms with Crippen LogP contribution in [0.5, 0.6) is 0 Å². The van der Waals surface area contributed by atoms with Crippen LogP contribution in [0.3, 0.4) is 0 Å². The van der Waals surface area contributed by atoms with Crippen molar-refractivity contribution in [3.8, 4) is 11.4 Å². The van der Waals surface area contributed by atoms with Gasteiger partial charge in [0.15, 0.2) is 5.82 Å². The number of aromatic nitrogens is 3. The van der Waals surface area contributed by atoms with Gasteiger partial charge >= 0.3 is 0 Å². The molecule has 0 unspecified atom stereocenters. The summed E-state index contributed by atoms with van der Waals surface area (Å²) >= 11 is 0. The molecule has 0 saturated carbocycles. The van der Waals surface area contributed by atoms with Crippen molar-refractivity contribution in [2.75, 3.05) is 18.4 Å². The maximum atomic E-state index is 12.6. The van der Waals surface area contributed by atoms with E-state index in [9.17, 15) is 14.9 Å². The highest BCUT2D eigenvalue weighted by Gasteiger charge is 2.27. The first-order chi connectivity index (χ1) is 14.5. The van der Waals surface area contributed by atoms with Gasteiger partial charge in [0.25, 0.3) is 11.6 Å². The Morgan fingerprint density at radius 1 is 1.20 bits per heavy atom. The number of carbonyl (C=O) groups excluding carboxylic acids is 1. The zero-order valence-corrected chi connectivity index (χ0v) is 16.4. The van der Waals surface area contributed by atoms with E-state index in [2.05, 4.69) is 20.3 Å². The molecule has 1 amide bonds. The lowest BCUT2D eigenvalue weighted by Gasteiger charge is -2.17. The molecule has 2 aromatic heterocycles. The van der Waals surface area contributed by atoms with E-state index in [0.717, 1.165) is 12.1 Å². The summed E-state index contributed by atoms with van der Waals surface area (Å²) in [6.07, 6.45) is 2.39. The van der Waals surface area contributed by atoms with Crippen LogP contribution >= 0.6 is 0 Å². The molecule has 0 spiro atoms. The highest BCUT2D eigenvalue weighted by atomic mass is 16.6. The van der Waals surface area contributed by atoms with Gasteiger partial charge in [-0.1, -0.05) is 18.2 Å². The van der Waals surface area contributed by atoms with Crippen LogP contribution in [-0.4, -0.2) is 49.8 Å². The Kier molecular flexibility index (Phi) is 5.34. The Bertz CT molecular complexity index is 1090. The van der Waals surface area contributed by atoms with Crippen LogP contribution in [0.25, 0.3) is 11.4 Å². The number of pyridine rings is 1. The molecule has 1 N–H and O–H groups in total. The molecule has 30 heavy (non-hydrogen) atoms. The number of nitro benzene ring substituents is 1. The summed E-state index contributed by atoms with van der Waals surface area (Å²) in [7, 11) is 0. The van der Waals surface area contributed by atoms with E-state index >= 15 is 0 Å². The first kappa shape index (κ1) is 19.4. The molecule has 9 nitrogen and oxygen atoms in total. The summed E-state index contributed by atoms with van der Waals surface area (Å²) in [6.45, 7) is 3.03. The molecular weight excluding hydrogens is 384 g/mol. The molecule has 1 aliphatic heterocycles. The third-order valence-corrected chi connectivity index (χ3v) is 4.88. The fraction of sp³-hybridized carbons (Fsp3) is 0.238. The molecule has 0 radical (unpaired) electrons. The van der Waals surface area contributed by atoms with Gasteiger partial charge in [-0.05, 0) is 25.5 Å². The van der Waals surface area contributed by atoms with Crippen LogP contribution in [-0.2, 0) is 0 Å². The highest BCUT2D eigenvalue weighted by molar-refractivity contribution is 5.92. The number of rotatable bonds is 5. The molecule has 9 heteroatoms. The van der Waals surface area contributed by atoms with Gasteiger partial charge in [0.2, 0.25) is 0 Å². The van der Waals surface area contributed by atoms with Crippen molar-refractivity contribution in [1.82, 2.24) is 19.9 Å². The normalized spacial score (nSPS) is 15.8. The molecule has 1 fully saturated rings. The first-order valence-corrected chi connectivity index (χ1v) is 9.57. The molecule has 3 heterocycles. The second-order valence-electron chi connectivity index (χ2n) is 7.12. The molecule has 1 saturated heterocycles. The summed E-state index contributed by atoms with van der Waals surface area (Å²) in [5.41, 5.74) is 1.75. The van der Waals surface area contributed by atoms with Crippen molar-refractivity contribution in [2.24, 2.45) is 0 Å². The van der Waals surface area contributed by atoms with E-state index in [0.29, 0.717) is 36.0 Å². The van der Waals surface area contributed by atoms with Gasteiger partial charge in [-0.3, -0.25) is 19.9 Å². The number of benzene rings is 1. The molecule has 3 aromatic rings. The number of non-ortho nitro benzene ring substituents is 1. The number of amides is 1. The van der Waals surface area contributed by atoms with Gasteiger partial charge in [0, 0.05) is 54.8 Å². The monoisotopic (exact) mass is 404 g/mol. The van der Waals surface area contributed by atoms with E-state index in [1.807, 2.05) is 13.0 Å². The quantitative estimate of drug-likeness (QED) is 0.513. The van der Waals surface area contributed by atoms with Crippen molar-refractivity contribution in [3.63, 3.8) is 0 Å². The van der Waals surface area contributed by atoms with Gasteiger partial charge in [-0.15, -0.1) is 0 Å². The lowest BCUT2D eigenvalue weighted by Crippen LogP contribution is -2.32. The van der Waals surface area contributed by atoms with Gasteiger partial charge in [0.1, 0.15) is 11.5 Å². The third kappa shape index (κ3) is 4.24. The molecule has 0 bridgehead atoms. The second kappa shape index (κ2) is 8.24. The Morgan fingerprint density at radius 2 is 2.07 bits per heavy atom. The van der Waals surface area contributed by atoms with Crippen molar-refractivity contribution in [2.45, 2.75) is 19.4 Å². The minimum Gasteiger partial charge on any atom is -0.365 e. The van der Waals surface area contributed by atoms with Crippen LogP contribution in [0.2, 0.25) is 0 Å². The number of nitrogens with one attached hydrogen (secondary N) is 1. The van der Waals surface area contributed by atoms with E-state index < -0.39 is 4.92 Å². The average molecular weight is 404 g/mol. The number of aryl methyl sites for hydroxylation is 1. The topological polar surface area (TPSA) is 114 Å². The van der Waals surface area contributed by atoms with E-state index in [1.54, 1.807) is 41.4 Å². The van der Waals surface area contributed by atoms with Crippen LogP contribution < -0.4 is 5.32 Å². The summed E-state index contributed by atoms with van der Waals surface area (Å²) in [5.74, 6) is 0.956. The van der Waals surface area contributed by atoms with Crippen molar-refractivity contribution >= 4 is 17.4 Å². The molecule has 152 valence electrons. The van der Waals surface area contributed by atoms with Gasteiger partial charge < -0.3 is 10.2 Å². The molecule has 1 aromatic carbocycles. The minimum absolute atomic E-state index is 0.00779. The first-order valence-electron chi connectivity index (χ1n) is 9.57. The predicted molar refractivity (Wildman–Crippen MR) is 111 cm³/mol. The standard InChI is InChI=1S/C21H20N6O3/c1-14-11-19(25-20(23-14)15-5-4-6-17(12-15)27(29)30)24-16-8-10-26(13-16)21(28)18-7-2-3-9-22-18/h2-7,9,11-12,16H,8,10,13H2,1H3,(H,23,24,25)/t16-/m0/s1. The van der Waals surface area contributed by atoms with Gasteiger partial charge in [-0.25, -0.2) is 9.97 Å². The Labute approximate surface area is 173 Å². The summed E-state index contributed by atoms with van der Waals surface area (Å²) in [6, 6.07) is 13.4. The minimum atomic E-state index is -0.440.